The van der Waals surface area contributed by atoms with E-state index in [-0.39, 0.29) is 9.92 Å². The Kier molecular flexibility index (Phi) is 6.69. The highest BCUT2D eigenvalue weighted by atomic mass is 35.5. The van der Waals surface area contributed by atoms with Crippen molar-refractivity contribution in [2.24, 2.45) is 0 Å². The monoisotopic (exact) mass is 451 g/mol. The van der Waals surface area contributed by atoms with Gasteiger partial charge in [0.05, 0.1) is 10.7 Å². The quantitative estimate of drug-likeness (QED) is 0.527. The average molecular weight is 452 g/mol. The number of nitrogens with one attached hydrogen (secondary N) is 1. The molecule has 0 spiro atoms. The minimum absolute atomic E-state index is 0.0323. The van der Waals surface area contributed by atoms with Crippen LogP contribution in [0, 0.1) is 0 Å². The molecule has 0 saturated heterocycles. The Morgan fingerprint density at radius 3 is 2.41 bits per heavy atom. The third-order valence-electron chi connectivity index (χ3n) is 4.19. The van der Waals surface area contributed by atoms with Crippen LogP contribution >= 0.6 is 23.2 Å². The van der Waals surface area contributed by atoms with E-state index in [1.165, 1.54) is 16.4 Å². The lowest BCUT2D eigenvalue weighted by Crippen LogP contribution is -2.30. The van der Waals surface area contributed by atoms with Crippen LogP contribution in [0.3, 0.4) is 0 Å². The summed E-state index contributed by atoms with van der Waals surface area (Å²) >= 11 is 12.1. The number of anilines is 2. The Morgan fingerprint density at radius 2 is 1.72 bits per heavy atom. The van der Waals surface area contributed by atoms with Crippen molar-refractivity contribution in [3.05, 3.63) is 59.0 Å². The molecule has 0 fully saturated rings. The molecule has 0 unspecified atom stereocenters. The maximum Gasteiger partial charge on any atom is 0.244 e. The van der Waals surface area contributed by atoms with Crippen LogP contribution in [-0.2, 0) is 10.0 Å². The number of nitrogens with zero attached hydrogens (tertiary/aromatic N) is 4. The lowest BCUT2D eigenvalue weighted by Gasteiger charge is -2.19. The second kappa shape index (κ2) is 9.04. The molecule has 29 heavy (non-hydrogen) atoms. The SMILES string of the molecule is CCN(CC)S(=O)(=O)c1cc(Nc2nccc(-c3ccnc(Cl)c3)n2)ccc1Cl. The zero-order chi connectivity index (χ0) is 21.0. The first-order valence-electron chi connectivity index (χ1n) is 8.86. The van der Waals surface area contributed by atoms with Crippen molar-refractivity contribution >= 4 is 44.9 Å². The number of halogens is 2. The largest absolute Gasteiger partial charge is 0.324 e. The van der Waals surface area contributed by atoms with E-state index >= 15 is 0 Å². The van der Waals surface area contributed by atoms with E-state index in [9.17, 15) is 8.42 Å². The fraction of sp³-hybridized carbons (Fsp3) is 0.211. The third kappa shape index (κ3) is 4.84. The van der Waals surface area contributed by atoms with Gasteiger partial charge in [-0.1, -0.05) is 37.0 Å². The molecule has 0 radical (unpaired) electrons. The van der Waals surface area contributed by atoms with Crippen LogP contribution in [-0.4, -0.2) is 40.8 Å². The van der Waals surface area contributed by atoms with Crippen molar-refractivity contribution in [1.82, 2.24) is 19.3 Å². The predicted molar refractivity (Wildman–Crippen MR) is 115 cm³/mol. The summed E-state index contributed by atoms with van der Waals surface area (Å²) in [6.45, 7) is 4.27. The summed E-state index contributed by atoms with van der Waals surface area (Å²) in [5.74, 6) is 0.309. The van der Waals surface area contributed by atoms with Crippen LogP contribution in [0.15, 0.2) is 53.7 Å². The van der Waals surface area contributed by atoms with Crippen LogP contribution in [0.4, 0.5) is 11.6 Å². The van der Waals surface area contributed by atoms with Gasteiger partial charge in [-0.2, -0.15) is 4.31 Å². The van der Waals surface area contributed by atoms with E-state index < -0.39 is 10.0 Å². The highest BCUT2D eigenvalue weighted by molar-refractivity contribution is 7.89. The van der Waals surface area contributed by atoms with Crippen molar-refractivity contribution in [2.75, 3.05) is 18.4 Å². The molecule has 0 aliphatic rings. The van der Waals surface area contributed by atoms with Crippen LogP contribution in [0.1, 0.15) is 13.8 Å². The lowest BCUT2D eigenvalue weighted by molar-refractivity contribution is 0.445. The Bertz CT molecular complexity index is 1120. The van der Waals surface area contributed by atoms with Crippen LogP contribution in [0.25, 0.3) is 11.3 Å². The van der Waals surface area contributed by atoms with Gasteiger partial charge in [-0.25, -0.2) is 23.4 Å². The molecule has 0 saturated carbocycles. The molecule has 3 rings (SSSR count). The summed E-state index contributed by atoms with van der Waals surface area (Å²) in [6, 6.07) is 9.92. The van der Waals surface area contributed by atoms with Gasteiger partial charge in [-0.15, -0.1) is 0 Å². The third-order valence-corrected chi connectivity index (χ3v) is 6.93. The van der Waals surface area contributed by atoms with Gasteiger partial charge < -0.3 is 5.32 Å². The minimum atomic E-state index is -3.70. The van der Waals surface area contributed by atoms with Crippen molar-refractivity contribution in [3.63, 3.8) is 0 Å². The molecule has 0 amide bonds. The Morgan fingerprint density at radius 1 is 1.00 bits per heavy atom. The number of sulfonamides is 1. The second-order valence-electron chi connectivity index (χ2n) is 5.99. The topological polar surface area (TPSA) is 88.1 Å². The first kappa shape index (κ1) is 21.4. The first-order valence-corrected chi connectivity index (χ1v) is 11.1. The Labute approximate surface area is 179 Å². The molecule has 1 N–H and O–H groups in total. The molecule has 152 valence electrons. The summed E-state index contributed by atoms with van der Waals surface area (Å²) in [7, 11) is -3.70. The molecular formula is C19H19Cl2N5O2S. The summed E-state index contributed by atoms with van der Waals surface area (Å²) in [5.41, 5.74) is 1.94. The Hall–Kier alpha value is -2.26. The van der Waals surface area contributed by atoms with Crippen molar-refractivity contribution in [2.45, 2.75) is 18.7 Å². The minimum Gasteiger partial charge on any atom is -0.324 e. The fourth-order valence-electron chi connectivity index (χ4n) is 2.75. The lowest BCUT2D eigenvalue weighted by atomic mass is 10.2. The number of hydrogen-bond donors (Lipinski definition) is 1. The number of hydrogen-bond acceptors (Lipinski definition) is 6. The molecule has 0 atom stereocenters. The number of benzene rings is 1. The van der Waals surface area contributed by atoms with Gasteiger partial charge in [-0.3, -0.25) is 0 Å². The number of aromatic nitrogens is 3. The van der Waals surface area contributed by atoms with Gasteiger partial charge in [-0.05, 0) is 36.4 Å². The van der Waals surface area contributed by atoms with Crippen molar-refractivity contribution in [3.8, 4) is 11.3 Å². The molecule has 2 heterocycles. The normalized spacial score (nSPS) is 11.6. The van der Waals surface area contributed by atoms with Gasteiger partial charge in [0.25, 0.3) is 0 Å². The van der Waals surface area contributed by atoms with Gasteiger partial charge in [0.2, 0.25) is 16.0 Å². The molecule has 2 aromatic heterocycles. The van der Waals surface area contributed by atoms with Gasteiger partial charge in [0, 0.05) is 36.7 Å². The van der Waals surface area contributed by atoms with Gasteiger partial charge in [0.1, 0.15) is 10.0 Å². The van der Waals surface area contributed by atoms with Crippen LogP contribution in [0.2, 0.25) is 10.2 Å². The summed E-state index contributed by atoms with van der Waals surface area (Å²) in [6.07, 6.45) is 3.19. The van der Waals surface area contributed by atoms with Gasteiger partial charge in [0.15, 0.2) is 0 Å². The molecule has 1 aromatic carbocycles. The highest BCUT2D eigenvalue weighted by Gasteiger charge is 2.24. The first-order chi connectivity index (χ1) is 13.8. The van der Waals surface area contributed by atoms with E-state index in [0.717, 1.165) is 5.56 Å². The molecule has 3 aromatic rings. The van der Waals surface area contributed by atoms with Crippen molar-refractivity contribution < 1.29 is 8.42 Å². The van der Waals surface area contributed by atoms with E-state index in [1.54, 1.807) is 50.5 Å². The highest BCUT2D eigenvalue weighted by Crippen LogP contribution is 2.29. The van der Waals surface area contributed by atoms with E-state index in [1.807, 2.05) is 0 Å². The van der Waals surface area contributed by atoms with Gasteiger partial charge >= 0.3 is 0 Å². The fourth-order valence-corrected chi connectivity index (χ4v) is 4.88. The molecule has 0 aliphatic heterocycles. The molecule has 0 aliphatic carbocycles. The second-order valence-corrected chi connectivity index (χ2v) is 8.69. The van der Waals surface area contributed by atoms with Crippen molar-refractivity contribution in [1.29, 1.82) is 0 Å². The molecular weight excluding hydrogens is 433 g/mol. The van der Waals surface area contributed by atoms with Crippen LogP contribution < -0.4 is 5.32 Å². The molecule has 0 bridgehead atoms. The maximum atomic E-state index is 12.9. The van der Waals surface area contributed by atoms with Crippen LogP contribution in [0.5, 0.6) is 0 Å². The molecule has 7 nitrogen and oxygen atoms in total. The summed E-state index contributed by atoms with van der Waals surface area (Å²) in [4.78, 5) is 12.7. The Balaban J connectivity index is 1.93. The molecule has 10 heteroatoms. The average Bonchev–Trinajstić information content (AvgIpc) is 2.70. The summed E-state index contributed by atoms with van der Waals surface area (Å²) in [5, 5.41) is 3.55. The number of pyridine rings is 1. The predicted octanol–water partition coefficient (Wildman–Crippen LogP) is 4.62. The summed E-state index contributed by atoms with van der Waals surface area (Å²) < 4.78 is 27.1. The maximum absolute atomic E-state index is 12.9. The standard InChI is InChI=1S/C19H19Cl2N5O2S/c1-3-26(4-2)29(27,28)17-12-14(5-6-15(17)20)24-19-23-10-8-16(25-19)13-7-9-22-18(21)11-13/h5-12H,3-4H2,1-2H3,(H,23,24,25). The number of rotatable bonds is 7. The van der Waals surface area contributed by atoms with E-state index in [4.69, 9.17) is 23.2 Å². The zero-order valence-electron chi connectivity index (χ0n) is 15.8. The zero-order valence-corrected chi connectivity index (χ0v) is 18.1. The van der Waals surface area contributed by atoms with E-state index in [2.05, 4.69) is 20.3 Å². The smallest absolute Gasteiger partial charge is 0.244 e. The van der Waals surface area contributed by atoms with E-state index in [0.29, 0.717) is 35.6 Å².